The van der Waals surface area contributed by atoms with Crippen LogP contribution in [0.1, 0.15) is 50.9 Å². The van der Waals surface area contributed by atoms with Crippen LogP contribution in [0.15, 0.2) is 24.0 Å². The SMILES string of the molecule is CC(C)=CCN1CCCC2(CCC(=O)N(Cc3cnc(C)cn3)C2)C1. The fraction of sp³-hybridized carbons (Fsp3) is 0.650. The third-order valence-corrected chi connectivity index (χ3v) is 5.43. The Bertz CT molecular complexity index is 636. The van der Waals surface area contributed by atoms with Gasteiger partial charge in [0, 0.05) is 37.7 Å². The number of rotatable bonds is 4. The molecule has 5 heteroatoms. The molecule has 0 radical (unpaired) electrons. The van der Waals surface area contributed by atoms with Crippen LogP contribution in [0.2, 0.25) is 0 Å². The Hall–Kier alpha value is -1.75. The molecule has 0 bridgehead atoms. The number of amides is 1. The highest BCUT2D eigenvalue weighted by Crippen LogP contribution is 2.39. The zero-order valence-corrected chi connectivity index (χ0v) is 15.8. The first-order valence-corrected chi connectivity index (χ1v) is 9.37. The molecular formula is C20H30N4O. The lowest BCUT2D eigenvalue weighted by molar-refractivity contribution is -0.140. The minimum Gasteiger partial charge on any atom is -0.336 e. The number of carbonyl (C=O) groups is 1. The molecule has 1 aromatic rings. The van der Waals surface area contributed by atoms with E-state index in [0.717, 1.165) is 37.4 Å². The van der Waals surface area contributed by atoms with Crippen molar-refractivity contribution in [3.8, 4) is 0 Å². The molecule has 1 atom stereocenters. The number of piperidine rings is 2. The smallest absolute Gasteiger partial charge is 0.222 e. The van der Waals surface area contributed by atoms with Gasteiger partial charge in [0.1, 0.15) is 0 Å². The number of nitrogens with zero attached hydrogens (tertiary/aromatic N) is 4. The standard InChI is InChI=1S/C20H30N4O/c1-16(2)6-10-23-9-4-7-20(14-23)8-5-19(25)24(15-20)13-18-12-21-17(3)11-22-18/h6,11-12H,4-5,7-10,13-15H2,1-3H3. The average Bonchev–Trinajstić information content (AvgIpc) is 2.59. The Morgan fingerprint density at radius 2 is 2.08 bits per heavy atom. The van der Waals surface area contributed by atoms with E-state index in [2.05, 4.69) is 34.8 Å². The summed E-state index contributed by atoms with van der Waals surface area (Å²) in [4.78, 5) is 25.7. The van der Waals surface area contributed by atoms with Gasteiger partial charge in [-0.15, -0.1) is 0 Å². The Balaban J connectivity index is 1.67. The predicted octanol–water partition coefficient (Wildman–Crippen LogP) is 2.96. The predicted molar refractivity (Wildman–Crippen MR) is 99.0 cm³/mol. The van der Waals surface area contributed by atoms with E-state index < -0.39 is 0 Å². The Labute approximate surface area is 151 Å². The minimum atomic E-state index is 0.250. The number of likely N-dealkylation sites (tertiary alicyclic amines) is 2. The maximum atomic E-state index is 12.4. The van der Waals surface area contributed by atoms with Gasteiger partial charge < -0.3 is 4.90 Å². The molecule has 25 heavy (non-hydrogen) atoms. The molecule has 1 unspecified atom stereocenters. The van der Waals surface area contributed by atoms with Gasteiger partial charge in [0.25, 0.3) is 0 Å². The lowest BCUT2D eigenvalue weighted by Crippen LogP contribution is -2.53. The maximum absolute atomic E-state index is 12.4. The average molecular weight is 342 g/mol. The number of aromatic nitrogens is 2. The second-order valence-electron chi connectivity index (χ2n) is 8.02. The van der Waals surface area contributed by atoms with Crippen LogP contribution in [0.4, 0.5) is 0 Å². The Kier molecular flexibility index (Phi) is 5.52. The number of hydrogen-bond acceptors (Lipinski definition) is 4. The van der Waals surface area contributed by atoms with Gasteiger partial charge in [-0.3, -0.25) is 19.7 Å². The summed E-state index contributed by atoms with van der Waals surface area (Å²) in [5.41, 5.74) is 3.42. The zero-order chi connectivity index (χ0) is 17.9. The molecule has 3 heterocycles. The van der Waals surface area contributed by atoms with Crippen LogP contribution in [0, 0.1) is 12.3 Å². The monoisotopic (exact) mass is 342 g/mol. The van der Waals surface area contributed by atoms with E-state index in [1.165, 1.54) is 25.0 Å². The first kappa shape index (κ1) is 18.1. The zero-order valence-electron chi connectivity index (χ0n) is 15.8. The van der Waals surface area contributed by atoms with Gasteiger partial charge in [-0.1, -0.05) is 11.6 Å². The lowest BCUT2D eigenvalue weighted by atomic mass is 9.73. The van der Waals surface area contributed by atoms with Crippen molar-refractivity contribution in [3.63, 3.8) is 0 Å². The van der Waals surface area contributed by atoms with Crippen molar-refractivity contribution in [2.24, 2.45) is 5.41 Å². The van der Waals surface area contributed by atoms with E-state index in [0.29, 0.717) is 13.0 Å². The third-order valence-electron chi connectivity index (χ3n) is 5.43. The normalized spacial score (nSPS) is 24.6. The molecule has 0 N–H and O–H groups in total. The number of hydrogen-bond donors (Lipinski definition) is 0. The first-order chi connectivity index (χ1) is 12.0. The van der Waals surface area contributed by atoms with Crippen molar-refractivity contribution in [2.75, 3.05) is 26.2 Å². The van der Waals surface area contributed by atoms with Crippen LogP contribution in [-0.2, 0) is 11.3 Å². The summed E-state index contributed by atoms with van der Waals surface area (Å²) in [6.07, 6.45) is 10.0. The fourth-order valence-corrected chi connectivity index (χ4v) is 4.05. The summed E-state index contributed by atoms with van der Waals surface area (Å²) in [6.45, 7) is 11.0. The van der Waals surface area contributed by atoms with E-state index >= 15 is 0 Å². The van der Waals surface area contributed by atoms with Gasteiger partial charge in [-0.2, -0.15) is 0 Å². The van der Waals surface area contributed by atoms with Gasteiger partial charge in [-0.05, 0) is 46.6 Å². The van der Waals surface area contributed by atoms with Crippen molar-refractivity contribution in [1.29, 1.82) is 0 Å². The largest absolute Gasteiger partial charge is 0.336 e. The molecule has 0 aliphatic carbocycles. The van der Waals surface area contributed by atoms with E-state index in [9.17, 15) is 4.79 Å². The fourth-order valence-electron chi connectivity index (χ4n) is 4.05. The van der Waals surface area contributed by atoms with E-state index in [-0.39, 0.29) is 11.3 Å². The quantitative estimate of drug-likeness (QED) is 0.790. The van der Waals surface area contributed by atoms with Crippen molar-refractivity contribution in [1.82, 2.24) is 19.8 Å². The summed E-state index contributed by atoms with van der Waals surface area (Å²) in [6, 6.07) is 0. The molecule has 1 aromatic heterocycles. The molecule has 136 valence electrons. The van der Waals surface area contributed by atoms with E-state index in [1.807, 2.05) is 11.8 Å². The van der Waals surface area contributed by atoms with Crippen molar-refractivity contribution >= 4 is 5.91 Å². The molecule has 1 amide bonds. The summed E-state index contributed by atoms with van der Waals surface area (Å²) < 4.78 is 0. The minimum absolute atomic E-state index is 0.250. The van der Waals surface area contributed by atoms with Crippen molar-refractivity contribution in [2.45, 2.75) is 53.0 Å². The molecule has 2 aliphatic heterocycles. The topological polar surface area (TPSA) is 49.3 Å². The van der Waals surface area contributed by atoms with Crippen LogP contribution in [0.3, 0.4) is 0 Å². The van der Waals surface area contributed by atoms with Crippen LogP contribution in [0.25, 0.3) is 0 Å². The molecule has 5 nitrogen and oxygen atoms in total. The van der Waals surface area contributed by atoms with E-state index in [1.54, 1.807) is 12.4 Å². The van der Waals surface area contributed by atoms with Crippen LogP contribution < -0.4 is 0 Å². The molecule has 3 rings (SSSR count). The Morgan fingerprint density at radius 3 is 2.80 bits per heavy atom. The number of carbonyl (C=O) groups excluding carboxylic acids is 1. The molecule has 2 aliphatic rings. The second-order valence-corrected chi connectivity index (χ2v) is 8.02. The molecule has 1 spiro atoms. The van der Waals surface area contributed by atoms with Gasteiger partial charge in [0.2, 0.25) is 5.91 Å². The number of allylic oxidation sites excluding steroid dienone is 1. The highest BCUT2D eigenvalue weighted by molar-refractivity contribution is 5.77. The molecular weight excluding hydrogens is 312 g/mol. The summed E-state index contributed by atoms with van der Waals surface area (Å²) >= 11 is 0. The second kappa shape index (κ2) is 7.65. The Morgan fingerprint density at radius 1 is 1.24 bits per heavy atom. The van der Waals surface area contributed by atoms with Gasteiger partial charge in [-0.25, -0.2) is 0 Å². The molecule has 0 aromatic carbocycles. The third kappa shape index (κ3) is 4.66. The first-order valence-electron chi connectivity index (χ1n) is 9.37. The van der Waals surface area contributed by atoms with Crippen molar-refractivity contribution in [3.05, 3.63) is 35.4 Å². The molecule has 2 saturated heterocycles. The van der Waals surface area contributed by atoms with Crippen LogP contribution >= 0.6 is 0 Å². The summed E-state index contributed by atoms with van der Waals surface area (Å²) in [5, 5.41) is 0. The van der Waals surface area contributed by atoms with Crippen molar-refractivity contribution < 1.29 is 4.79 Å². The highest BCUT2D eigenvalue weighted by Gasteiger charge is 2.41. The lowest BCUT2D eigenvalue weighted by Gasteiger charge is -2.48. The summed E-state index contributed by atoms with van der Waals surface area (Å²) in [5.74, 6) is 0.259. The maximum Gasteiger partial charge on any atom is 0.222 e. The van der Waals surface area contributed by atoms with Gasteiger partial charge in [0.05, 0.1) is 24.1 Å². The molecule has 2 fully saturated rings. The van der Waals surface area contributed by atoms with Gasteiger partial charge in [0.15, 0.2) is 0 Å². The van der Waals surface area contributed by atoms with Crippen LogP contribution in [-0.4, -0.2) is 51.9 Å². The van der Waals surface area contributed by atoms with E-state index in [4.69, 9.17) is 0 Å². The summed E-state index contributed by atoms with van der Waals surface area (Å²) in [7, 11) is 0. The van der Waals surface area contributed by atoms with Crippen LogP contribution in [0.5, 0.6) is 0 Å². The number of aryl methyl sites for hydroxylation is 1. The highest BCUT2D eigenvalue weighted by atomic mass is 16.2. The molecule has 0 saturated carbocycles. The van der Waals surface area contributed by atoms with Gasteiger partial charge >= 0.3 is 0 Å².